The van der Waals surface area contributed by atoms with E-state index in [-0.39, 0.29) is 17.0 Å². The molecule has 0 saturated heterocycles. The van der Waals surface area contributed by atoms with Crippen molar-refractivity contribution in [3.63, 3.8) is 0 Å². The van der Waals surface area contributed by atoms with Gasteiger partial charge in [-0.25, -0.2) is 4.79 Å². The zero-order chi connectivity index (χ0) is 22.4. The second kappa shape index (κ2) is 9.82. The largest absolute Gasteiger partial charge is 0.495 e. The molecule has 9 heteroatoms. The SMILES string of the molecule is COc1cc(Cl)c(C)cc1NC(=O)COC(=O)c1ccccc1NC(=O)c1ccco1. The van der Waals surface area contributed by atoms with Crippen LogP contribution < -0.4 is 15.4 Å². The summed E-state index contributed by atoms with van der Waals surface area (Å²) in [5, 5.41) is 5.70. The lowest BCUT2D eigenvalue weighted by atomic mass is 10.1. The number of esters is 1. The van der Waals surface area contributed by atoms with Crippen molar-refractivity contribution in [1.29, 1.82) is 0 Å². The second-order valence-corrected chi connectivity index (χ2v) is 6.81. The van der Waals surface area contributed by atoms with E-state index in [1.54, 1.807) is 43.3 Å². The van der Waals surface area contributed by atoms with Gasteiger partial charge in [0.05, 0.1) is 30.3 Å². The van der Waals surface area contributed by atoms with E-state index in [2.05, 4.69) is 10.6 Å². The Morgan fingerprint density at radius 3 is 2.52 bits per heavy atom. The molecule has 8 nitrogen and oxygen atoms in total. The Bertz CT molecular complexity index is 1110. The van der Waals surface area contributed by atoms with Crippen molar-refractivity contribution in [2.45, 2.75) is 6.92 Å². The number of halogens is 1. The van der Waals surface area contributed by atoms with Crippen LogP contribution >= 0.6 is 11.6 Å². The molecular formula is C22H19ClN2O6. The van der Waals surface area contributed by atoms with Gasteiger partial charge in [-0.15, -0.1) is 0 Å². The fraction of sp³-hybridized carbons (Fsp3) is 0.136. The summed E-state index contributed by atoms with van der Waals surface area (Å²) >= 11 is 6.06. The van der Waals surface area contributed by atoms with Gasteiger partial charge in [0.25, 0.3) is 11.8 Å². The molecule has 0 fully saturated rings. The summed E-state index contributed by atoms with van der Waals surface area (Å²) < 4.78 is 15.4. The molecule has 3 rings (SSSR count). The molecule has 0 spiro atoms. The van der Waals surface area contributed by atoms with E-state index >= 15 is 0 Å². The third kappa shape index (κ3) is 5.43. The normalized spacial score (nSPS) is 10.3. The van der Waals surface area contributed by atoms with Gasteiger partial charge in [-0.1, -0.05) is 23.7 Å². The van der Waals surface area contributed by atoms with E-state index in [1.807, 2.05) is 0 Å². The number of carbonyl (C=O) groups is 3. The second-order valence-electron chi connectivity index (χ2n) is 6.40. The number of para-hydroxylation sites is 1. The highest BCUT2D eigenvalue weighted by Crippen LogP contribution is 2.30. The molecule has 0 saturated carbocycles. The Hall–Kier alpha value is -3.78. The summed E-state index contributed by atoms with van der Waals surface area (Å²) in [6.07, 6.45) is 1.37. The number of amides is 2. The molecule has 2 aromatic carbocycles. The van der Waals surface area contributed by atoms with Crippen LogP contribution in [0.25, 0.3) is 0 Å². The minimum absolute atomic E-state index is 0.0924. The van der Waals surface area contributed by atoms with Gasteiger partial charge in [-0.05, 0) is 42.8 Å². The Morgan fingerprint density at radius 1 is 1.03 bits per heavy atom. The van der Waals surface area contributed by atoms with Crippen molar-refractivity contribution in [1.82, 2.24) is 0 Å². The van der Waals surface area contributed by atoms with E-state index in [0.29, 0.717) is 16.5 Å². The Morgan fingerprint density at radius 2 is 1.81 bits per heavy atom. The Balaban J connectivity index is 1.64. The molecule has 2 amide bonds. The number of anilines is 2. The summed E-state index contributed by atoms with van der Waals surface area (Å²) in [5.41, 5.74) is 1.46. The van der Waals surface area contributed by atoms with Gasteiger partial charge in [0, 0.05) is 11.1 Å². The molecule has 0 aliphatic carbocycles. The first kappa shape index (κ1) is 21.9. The summed E-state index contributed by atoms with van der Waals surface area (Å²) in [5.74, 6) is -1.39. The maximum atomic E-state index is 12.5. The number of methoxy groups -OCH3 is 1. The molecule has 0 aliphatic rings. The van der Waals surface area contributed by atoms with Crippen molar-refractivity contribution >= 4 is 40.8 Å². The standard InChI is InChI=1S/C22H19ClN2O6/c1-13-10-17(19(29-2)11-15(13)23)24-20(26)12-31-22(28)14-6-3-4-7-16(14)25-21(27)18-8-5-9-30-18/h3-11H,12H2,1-2H3,(H,24,26)(H,25,27). The summed E-state index contributed by atoms with van der Waals surface area (Å²) in [7, 11) is 1.45. The van der Waals surface area contributed by atoms with Crippen molar-refractivity contribution in [3.05, 3.63) is 76.7 Å². The Labute approximate surface area is 183 Å². The molecule has 31 heavy (non-hydrogen) atoms. The van der Waals surface area contributed by atoms with Crippen LogP contribution in [0.15, 0.2) is 59.2 Å². The topological polar surface area (TPSA) is 107 Å². The van der Waals surface area contributed by atoms with E-state index in [9.17, 15) is 14.4 Å². The number of ether oxygens (including phenoxy) is 2. The minimum Gasteiger partial charge on any atom is -0.495 e. The van der Waals surface area contributed by atoms with Gasteiger partial charge >= 0.3 is 5.97 Å². The number of furan rings is 1. The lowest BCUT2D eigenvalue weighted by Crippen LogP contribution is -2.22. The van der Waals surface area contributed by atoms with Crippen molar-refractivity contribution in [2.24, 2.45) is 0 Å². The molecule has 1 heterocycles. The van der Waals surface area contributed by atoms with Crippen LogP contribution in [0.2, 0.25) is 5.02 Å². The molecule has 2 N–H and O–H groups in total. The lowest BCUT2D eigenvalue weighted by Gasteiger charge is -2.13. The highest BCUT2D eigenvalue weighted by Gasteiger charge is 2.18. The molecule has 3 aromatic rings. The van der Waals surface area contributed by atoms with Crippen molar-refractivity contribution in [3.8, 4) is 5.75 Å². The fourth-order valence-electron chi connectivity index (χ4n) is 2.69. The van der Waals surface area contributed by atoms with E-state index in [4.69, 9.17) is 25.5 Å². The maximum absolute atomic E-state index is 12.5. The maximum Gasteiger partial charge on any atom is 0.340 e. The number of hydrogen-bond acceptors (Lipinski definition) is 6. The van der Waals surface area contributed by atoms with Crippen molar-refractivity contribution in [2.75, 3.05) is 24.4 Å². The number of benzene rings is 2. The van der Waals surface area contributed by atoms with Gasteiger partial charge < -0.3 is 24.5 Å². The summed E-state index contributed by atoms with van der Waals surface area (Å²) in [6, 6.07) is 12.6. The number of hydrogen-bond donors (Lipinski definition) is 2. The molecule has 160 valence electrons. The first-order chi connectivity index (χ1) is 14.9. The lowest BCUT2D eigenvalue weighted by molar-refractivity contribution is -0.119. The highest BCUT2D eigenvalue weighted by atomic mass is 35.5. The van der Waals surface area contributed by atoms with Gasteiger partial charge in [0.2, 0.25) is 0 Å². The van der Waals surface area contributed by atoms with Gasteiger partial charge in [0.15, 0.2) is 12.4 Å². The van der Waals surface area contributed by atoms with Crippen LogP contribution in [0.4, 0.5) is 11.4 Å². The summed E-state index contributed by atoms with van der Waals surface area (Å²) in [4.78, 5) is 37.0. The predicted octanol–water partition coefficient (Wildman–Crippen LogP) is 4.30. The van der Waals surface area contributed by atoms with Crippen LogP contribution in [0.3, 0.4) is 0 Å². The molecule has 1 aromatic heterocycles. The van der Waals surface area contributed by atoms with E-state index < -0.39 is 24.4 Å². The fourth-order valence-corrected chi connectivity index (χ4v) is 2.84. The first-order valence-electron chi connectivity index (χ1n) is 9.14. The summed E-state index contributed by atoms with van der Waals surface area (Å²) in [6.45, 7) is 1.25. The average molecular weight is 443 g/mol. The molecule has 0 aliphatic heterocycles. The van der Waals surface area contributed by atoms with Crippen LogP contribution in [0, 0.1) is 6.92 Å². The highest BCUT2D eigenvalue weighted by molar-refractivity contribution is 6.31. The quantitative estimate of drug-likeness (QED) is 0.528. The Kier molecular flexibility index (Phi) is 6.94. The molecule has 0 radical (unpaired) electrons. The van der Waals surface area contributed by atoms with Gasteiger partial charge in [-0.2, -0.15) is 0 Å². The zero-order valence-corrected chi connectivity index (χ0v) is 17.5. The molecule has 0 atom stereocenters. The van der Waals surface area contributed by atoms with Crippen molar-refractivity contribution < 1.29 is 28.3 Å². The van der Waals surface area contributed by atoms with E-state index in [1.165, 1.54) is 25.5 Å². The minimum atomic E-state index is -0.773. The smallest absolute Gasteiger partial charge is 0.340 e. The van der Waals surface area contributed by atoms with E-state index in [0.717, 1.165) is 5.56 Å². The predicted molar refractivity (Wildman–Crippen MR) is 115 cm³/mol. The number of carbonyl (C=O) groups excluding carboxylic acids is 3. The average Bonchev–Trinajstić information content (AvgIpc) is 3.30. The van der Waals surface area contributed by atoms with Crippen LogP contribution in [0.1, 0.15) is 26.5 Å². The number of aryl methyl sites for hydroxylation is 1. The third-order valence-corrected chi connectivity index (χ3v) is 4.64. The van der Waals surface area contributed by atoms with Crippen LogP contribution in [-0.4, -0.2) is 31.5 Å². The monoisotopic (exact) mass is 442 g/mol. The van der Waals surface area contributed by atoms with Crippen LogP contribution in [0.5, 0.6) is 5.75 Å². The first-order valence-corrected chi connectivity index (χ1v) is 9.52. The zero-order valence-electron chi connectivity index (χ0n) is 16.7. The van der Waals surface area contributed by atoms with Crippen LogP contribution in [-0.2, 0) is 9.53 Å². The number of nitrogens with one attached hydrogen (secondary N) is 2. The molecule has 0 unspecified atom stereocenters. The molecule has 0 bridgehead atoms. The van der Waals surface area contributed by atoms with Gasteiger partial charge in [0.1, 0.15) is 5.75 Å². The molecular weight excluding hydrogens is 424 g/mol. The number of rotatable bonds is 7. The third-order valence-electron chi connectivity index (χ3n) is 4.23. The van der Waals surface area contributed by atoms with Gasteiger partial charge in [-0.3, -0.25) is 9.59 Å².